The topological polar surface area (TPSA) is 48.8 Å². The van der Waals surface area contributed by atoms with Crippen molar-refractivity contribution in [3.05, 3.63) is 54.2 Å². The summed E-state index contributed by atoms with van der Waals surface area (Å²) in [6, 6.07) is 13.9. The first-order valence-electron chi connectivity index (χ1n) is 8.46. The standard InChI is InChI=1S/C19H25N3O2/c1-16-5-4-6-18(13-16)24-15-17(23)14-21-9-11-22(12-10-21)19-7-2-3-8-20-19/h2-8,13,17,23H,9-12,14-15H2,1H3/t17-/m0/s1. The van der Waals surface area contributed by atoms with E-state index < -0.39 is 6.10 Å². The van der Waals surface area contributed by atoms with Crippen molar-refractivity contribution >= 4 is 5.82 Å². The fraction of sp³-hybridized carbons (Fsp3) is 0.421. The molecule has 0 saturated carbocycles. The predicted molar refractivity (Wildman–Crippen MR) is 95.6 cm³/mol. The highest BCUT2D eigenvalue weighted by atomic mass is 16.5. The maximum Gasteiger partial charge on any atom is 0.128 e. The summed E-state index contributed by atoms with van der Waals surface area (Å²) < 4.78 is 5.68. The summed E-state index contributed by atoms with van der Waals surface area (Å²) >= 11 is 0. The molecule has 0 bridgehead atoms. The number of piperazine rings is 1. The van der Waals surface area contributed by atoms with Crippen LogP contribution >= 0.6 is 0 Å². The van der Waals surface area contributed by atoms with Crippen LogP contribution in [0.3, 0.4) is 0 Å². The van der Waals surface area contributed by atoms with E-state index in [2.05, 4.69) is 14.8 Å². The fourth-order valence-electron chi connectivity index (χ4n) is 2.95. The van der Waals surface area contributed by atoms with Crippen LogP contribution in [0.5, 0.6) is 5.75 Å². The zero-order valence-corrected chi connectivity index (χ0v) is 14.1. The molecule has 0 radical (unpaired) electrons. The molecular formula is C19H25N3O2. The Labute approximate surface area is 143 Å². The number of β-amino-alcohol motifs (C(OH)–C–C–N with tert-alkyl or cyclic N) is 1. The number of hydrogen-bond donors (Lipinski definition) is 1. The Hall–Kier alpha value is -2.11. The highest BCUT2D eigenvalue weighted by molar-refractivity contribution is 5.38. The van der Waals surface area contributed by atoms with Crippen molar-refractivity contribution in [1.29, 1.82) is 0 Å². The van der Waals surface area contributed by atoms with Gasteiger partial charge in [0.1, 0.15) is 24.3 Å². The van der Waals surface area contributed by atoms with Gasteiger partial charge in [-0.25, -0.2) is 4.98 Å². The molecule has 5 nitrogen and oxygen atoms in total. The average Bonchev–Trinajstić information content (AvgIpc) is 2.61. The summed E-state index contributed by atoms with van der Waals surface area (Å²) in [5.41, 5.74) is 1.16. The Balaban J connectivity index is 1.41. The molecule has 1 aromatic heterocycles. The monoisotopic (exact) mass is 327 g/mol. The molecule has 1 aliphatic rings. The molecular weight excluding hydrogens is 302 g/mol. The minimum atomic E-state index is -0.480. The molecule has 2 aromatic rings. The number of pyridine rings is 1. The fourth-order valence-corrected chi connectivity index (χ4v) is 2.95. The molecule has 0 amide bonds. The first kappa shape index (κ1) is 16.7. The van der Waals surface area contributed by atoms with E-state index in [1.807, 2.05) is 55.6 Å². The molecule has 24 heavy (non-hydrogen) atoms. The second-order valence-electron chi connectivity index (χ2n) is 6.26. The number of nitrogens with zero attached hydrogens (tertiary/aromatic N) is 3. The lowest BCUT2D eigenvalue weighted by Crippen LogP contribution is -2.49. The molecule has 3 rings (SSSR count). The van der Waals surface area contributed by atoms with Crippen molar-refractivity contribution in [2.75, 3.05) is 44.2 Å². The molecule has 1 aliphatic heterocycles. The molecule has 1 N–H and O–H groups in total. The lowest BCUT2D eigenvalue weighted by molar-refractivity contribution is 0.0662. The van der Waals surface area contributed by atoms with Gasteiger partial charge in [-0.2, -0.15) is 0 Å². The van der Waals surface area contributed by atoms with Gasteiger partial charge in [-0.3, -0.25) is 4.90 Å². The van der Waals surface area contributed by atoms with Gasteiger partial charge in [0, 0.05) is 38.9 Å². The van der Waals surface area contributed by atoms with E-state index in [0.29, 0.717) is 13.2 Å². The summed E-state index contributed by atoms with van der Waals surface area (Å²) in [6.07, 6.45) is 1.35. The van der Waals surface area contributed by atoms with E-state index in [9.17, 15) is 5.11 Å². The number of aryl methyl sites for hydroxylation is 1. The smallest absolute Gasteiger partial charge is 0.128 e. The number of rotatable bonds is 6. The van der Waals surface area contributed by atoms with Gasteiger partial charge < -0.3 is 14.7 Å². The third-order valence-corrected chi connectivity index (χ3v) is 4.25. The summed E-state index contributed by atoms with van der Waals surface area (Å²) in [5.74, 6) is 1.84. The van der Waals surface area contributed by atoms with Gasteiger partial charge in [0.15, 0.2) is 0 Å². The largest absolute Gasteiger partial charge is 0.491 e. The quantitative estimate of drug-likeness (QED) is 0.879. The molecule has 5 heteroatoms. The van der Waals surface area contributed by atoms with Crippen LogP contribution in [-0.2, 0) is 0 Å². The molecule has 0 unspecified atom stereocenters. The minimum Gasteiger partial charge on any atom is -0.491 e. The van der Waals surface area contributed by atoms with E-state index in [1.54, 1.807) is 0 Å². The number of benzene rings is 1. The Morgan fingerprint density at radius 3 is 2.67 bits per heavy atom. The zero-order valence-electron chi connectivity index (χ0n) is 14.1. The maximum absolute atomic E-state index is 10.2. The van der Waals surface area contributed by atoms with E-state index >= 15 is 0 Å². The van der Waals surface area contributed by atoms with E-state index in [1.165, 1.54) is 0 Å². The molecule has 1 atom stereocenters. The summed E-state index contributed by atoms with van der Waals surface area (Å²) in [5, 5.41) is 10.2. The van der Waals surface area contributed by atoms with Crippen LogP contribution < -0.4 is 9.64 Å². The van der Waals surface area contributed by atoms with Crippen LogP contribution in [0.15, 0.2) is 48.7 Å². The van der Waals surface area contributed by atoms with Crippen LogP contribution in [-0.4, -0.2) is 60.4 Å². The van der Waals surface area contributed by atoms with E-state index in [4.69, 9.17) is 4.74 Å². The molecule has 1 aromatic carbocycles. The van der Waals surface area contributed by atoms with E-state index in [-0.39, 0.29) is 0 Å². The number of aromatic nitrogens is 1. The van der Waals surface area contributed by atoms with Crippen molar-refractivity contribution in [2.45, 2.75) is 13.0 Å². The Morgan fingerprint density at radius 1 is 1.12 bits per heavy atom. The minimum absolute atomic E-state index is 0.323. The third-order valence-electron chi connectivity index (χ3n) is 4.25. The van der Waals surface area contributed by atoms with Crippen LogP contribution in [0.2, 0.25) is 0 Å². The van der Waals surface area contributed by atoms with Crippen molar-refractivity contribution in [1.82, 2.24) is 9.88 Å². The van der Waals surface area contributed by atoms with E-state index in [0.717, 1.165) is 43.3 Å². The maximum atomic E-state index is 10.2. The normalized spacial score (nSPS) is 16.8. The van der Waals surface area contributed by atoms with Gasteiger partial charge in [0.2, 0.25) is 0 Å². The predicted octanol–water partition coefficient (Wildman–Crippen LogP) is 1.95. The van der Waals surface area contributed by atoms with Crippen LogP contribution in [0.4, 0.5) is 5.82 Å². The lowest BCUT2D eigenvalue weighted by Gasteiger charge is -2.36. The van der Waals surface area contributed by atoms with Gasteiger partial charge in [0.25, 0.3) is 0 Å². The summed E-state index contributed by atoms with van der Waals surface area (Å²) in [7, 11) is 0. The molecule has 1 saturated heterocycles. The van der Waals surface area contributed by atoms with Gasteiger partial charge >= 0.3 is 0 Å². The molecule has 1 fully saturated rings. The first-order valence-corrected chi connectivity index (χ1v) is 8.46. The summed E-state index contributed by atoms with van der Waals surface area (Å²) in [6.45, 7) is 6.72. The van der Waals surface area contributed by atoms with Crippen molar-refractivity contribution in [3.63, 3.8) is 0 Å². The van der Waals surface area contributed by atoms with Gasteiger partial charge in [-0.1, -0.05) is 18.2 Å². The van der Waals surface area contributed by atoms with Crippen molar-refractivity contribution in [3.8, 4) is 5.75 Å². The van der Waals surface area contributed by atoms with Gasteiger partial charge in [-0.05, 0) is 36.8 Å². The van der Waals surface area contributed by atoms with Crippen LogP contribution in [0.25, 0.3) is 0 Å². The molecule has 0 spiro atoms. The highest BCUT2D eigenvalue weighted by Crippen LogP contribution is 2.14. The average molecular weight is 327 g/mol. The number of aliphatic hydroxyl groups excluding tert-OH is 1. The molecule has 128 valence electrons. The molecule has 2 heterocycles. The van der Waals surface area contributed by atoms with Crippen LogP contribution in [0, 0.1) is 6.92 Å². The van der Waals surface area contributed by atoms with Crippen LogP contribution in [0.1, 0.15) is 5.56 Å². The van der Waals surface area contributed by atoms with Crippen molar-refractivity contribution in [2.24, 2.45) is 0 Å². The highest BCUT2D eigenvalue weighted by Gasteiger charge is 2.20. The van der Waals surface area contributed by atoms with Gasteiger partial charge in [-0.15, -0.1) is 0 Å². The van der Waals surface area contributed by atoms with Crippen molar-refractivity contribution < 1.29 is 9.84 Å². The number of aliphatic hydroxyl groups is 1. The SMILES string of the molecule is Cc1cccc(OC[C@@H](O)CN2CCN(c3ccccn3)CC2)c1. The Kier molecular flexibility index (Phi) is 5.67. The molecule has 0 aliphatic carbocycles. The number of ether oxygens (including phenoxy) is 1. The second kappa shape index (κ2) is 8.13. The lowest BCUT2D eigenvalue weighted by atomic mass is 10.2. The van der Waals surface area contributed by atoms with Gasteiger partial charge in [0.05, 0.1) is 0 Å². The number of anilines is 1. The zero-order chi connectivity index (χ0) is 16.8. The second-order valence-corrected chi connectivity index (χ2v) is 6.26. The Bertz CT molecular complexity index is 628. The summed E-state index contributed by atoms with van der Waals surface area (Å²) in [4.78, 5) is 8.96. The number of hydrogen-bond acceptors (Lipinski definition) is 5. The first-order chi connectivity index (χ1) is 11.7. The Morgan fingerprint density at radius 2 is 1.96 bits per heavy atom. The third kappa shape index (κ3) is 4.69.